The summed E-state index contributed by atoms with van der Waals surface area (Å²) in [6, 6.07) is 4.66. The zero-order chi connectivity index (χ0) is 10.4. The molecule has 0 saturated carbocycles. The maximum absolute atomic E-state index is 5.48. The van der Waals surface area contributed by atoms with Gasteiger partial charge in [0.1, 0.15) is 5.76 Å². The van der Waals surface area contributed by atoms with Crippen LogP contribution in [0.1, 0.15) is 38.9 Å². The molecule has 0 aliphatic heterocycles. The van der Waals surface area contributed by atoms with Crippen LogP contribution in [0.25, 0.3) is 0 Å². The molecule has 1 N–H and O–H groups in total. The number of hydrogen-bond donors (Lipinski definition) is 1. The van der Waals surface area contributed by atoms with Gasteiger partial charge in [-0.1, -0.05) is 20.3 Å². The minimum Gasteiger partial charge on any atom is -0.454 e. The molecule has 0 aromatic carbocycles. The molecule has 0 radical (unpaired) electrons. The molecule has 1 rings (SSSR count). The standard InChI is InChI=1S/C11H18INO/c1-3-5-9(4-2)13-8-10-6-7-11(12)14-10/h6-7,9,13H,3-5,8H2,1-2H3. The van der Waals surface area contributed by atoms with Crippen molar-refractivity contribution in [1.29, 1.82) is 0 Å². The number of furan rings is 1. The zero-order valence-electron chi connectivity index (χ0n) is 8.85. The Morgan fingerprint density at radius 2 is 2.21 bits per heavy atom. The van der Waals surface area contributed by atoms with E-state index in [1.165, 1.54) is 19.3 Å². The molecule has 1 atom stereocenters. The molecule has 0 aliphatic carbocycles. The van der Waals surface area contributed by atoms with E-state index < -0.39 is 0 Å². The Morgan fingerprint density at radius 1 is 1.43 bits per heavy atom. The van der Waals surface area contributed by atoms with E-state index in [-0.39, 0.29) is 0 Å². The molecule has 0 bridgehead atoms. The molecule has 0 saturated heterocycles. The van der Waals surface area contributed by atoms with Crippen LogP contribution in [-0.2, 0) is 6.54 Å². The highest BCUT2D eigenvalue weighted by atomic mass is 127. The quantitative estimate of drug-likeness (QED) is 0.813. The summed E-state index contributed by atoms with van der Waals surface area (Å²) in [6.45, 7) is 5.29. The first-order chi connectivity index (χ1) is 6.76. The molecule has 80 valence electrons. The van der Waals surface area contributed by atoms with Crippen LogP contribution in [0.15, 0.2) is 16.5 Å². The van der Waals surface area contributed by atoms with Crippen LogP contribution in [0.5, 0.6) is 0 Å². The van der Waals surface area contributed by atoms with Crippen molar-refractivity contribution in [2.24, 2.45) is 0 Å². The Hall–Kier alpha value is -0.0300. The SMILES string of the molecule is CCCC(CC)NCc1ccc(I)o1. The Balaban J connectivity index is 2.31. The molecule has 1 aromatic rings. The minimum atomic E-state index is 0.628. The van der Waals surface area contributed by atoms with Crippen LogP contribution in [0.4, 0.5) is 0 Å². The third-order valence-electron chi connectivity index (χ3n) is 2.32. The van der Waals surface area contributed by atoms with Crippen LogP contribution in [0.2, 0.25) is 0 Å². The van der Waals surface area contributed by atoms with Crippen LogP contribution in [0, 0.1) is 3.77 Å². The lowest BCUT2D eigenvalue weighted by Gasteiger charge is -2.14. The highest BCUT2D eigenvalue weighted by molar-refractivity contribution is 14.1. The first kappa shape index (κ1) is 12.0. The second-order valence-electron chi connectivity index (χ2n) is 3.48. The lowest BCUT2D eigenvalue weighted by atomic mass is 10.1. The average molecular weight is 307 g/mol. The molecule has 2 nitrogen and oxygen atoms in total. The first-order valence-corrected chi connectivity index (χ1v) is 6.31. The Morgan fingerprint density at radius 3 is 2.71 bits per heavy atom. The Bertz CT molecular complexity index is 260. The van der Waals surface area contributed by atoms with Gasteiger partial charge in [-0.15, -0.1) is 0 Å². The molecule has 0 fully saturated rings. The van der Waals surface area contributed by atoms with Crippen molar-refractivity contribution < 1.29 is 4.42 Å². The smallest absolute Gasteiger partial charge is 0.164 e. The normalized spacial score (nSPS) is 13.1. The first-order valence-electron chi connectivity index (χ1n) is 5.23. The largest absolute Gasteiger partial charge is 0.454 e. The molecular formula is C11H18INO. The fourth-order valence-electron chi connectivity index (χ4n) is 1.49. The highest BCUT2D eigenvalue weighted by Crippen LogP contribution is 2.10. The van der Waals surface area contributed by atoms with Crippen molar-refractivity contribution >= 4 is 22.6 Å². The van der Waals surface area contributed by atoms with Gasteiger partial charge >= 0.3 is 0 Å². The molecule has 0 aliphatic rings. The second kappa shape index (κ2) is 6.45. The summed E-state index contributed by atoms with van der Waals surface area (Å²) >= 11 is 2.19. The van der Waals surface area contributed by atoms with E-state index in [4.69, 9.17) is 4.42 Å². The van der Waals surface area contributed by atoms with Gasteiger partial charge in [-0.2, -0.15) is 0 Å². The number of rotatable bonds is 6. The van der Waals surface area contributed by atoms with Gasteiger partial charge in [-0.05, 0) is 47.6 Å². The molecule has 3 heteroatoms. The van der Waals surface area contributed by atoms with E-state index in [0.29, 0.717) is 6.04 Å². The van der Waals surface area contributed by atoms with Crippen molar-refractivity contribution in [1.82, 2.24) is 5.32 Å². The predicted molar refractivity (Wildman–Crippen MR) is 67.3 cm³/mol. The van der Waals surface area contributed by atoms with Crippen molar-refractivity contribution in [2.75, 3.05) is 0 Å². The van der Waals surface area contributed by atoms with Crippen LogP contribution >= 0.6 is 22.6 Å². The molecule has 0 spiro atoms. The van der Waals surface area contributed by atoms with Gasteiger partial charge in [0, 0.05) is 6.04 Å². The summed E-state index contributed by atoms with van der Waals surface area (Å²) in [5, 5.41) is 3.50. The third-order valence-corrected chi connectivity index (χ3v) is 2.90. The molecule has 0 amide bonds. The van der Waals surface area contributed by atoms with E-state index in [2.05, 4.69) is 41.8 Å². The number of halogens is 1. The topological polar surface area (TPSA) is 25.2 Å². The summed E-state index contributed by atoms with van der Waals surface area (Å²) in [7, 11) is 0. The second-order valence-corrected chi connectivity index (χ2v) is 4.54. The van der Waals surface area contributed by atoms with E-state index in [0.717, 1.165) is 16.1 Å². The van der Waals surface area contributed by atoms with Crippen LogP contribution < -0.4 is 5.32 Å². The van der Waals surface area contributed by atoms with Gasteiger partial charge in [0.15, 0.2) is 3.77 Å². The van der Waals surface area contributed by atoms with Gasteiger partial charge in [-0.25, -0.2) is 0 Å². The van der Waals surface area contributed by atoms with Crippen LogP contribution in [-0.4, -0.2) is 6.04 Å². The summed E-state index contributed by atoms with van der Waals surface area (Å²) < 4.78 is 6.44. The number of nitrogens with one attached hydrogen (secondary N) is 1. The fraction of sp³-hybridized carbons (Fsp3) is 0.636. The lowest BCUT2D eigenvalue weighted by molar-refractivity contribution is 0.411. The molecule has 1 aromatic heterocycles. The summed E-state index contributed by atoms with van der Waals surface area (Å²) in [6.07, 6.45) is 3.67. The average Bonchev–Trinajstić information content (AvgIpc) is 2.59. The Labute approximate surface area is 99.6 Å². The summed E-state index contributed by atoms with van der Waals surface area (Å²) in [4.78, 5) is 0. The van der Waals surface area contributed by atoms with E-state index in [1.54, 1.807) is 0 Å². The Kier molecular flexibility index (Phi) is 5.55. The highest BCUT2D eigenvalue weighted by Gasteiger charge is 2.05. The molecule has 1 heterocycles. The van der Waals surface area contributed by atoms with Crippen molar-refractivity contribution in [2.45, 2.75) is 45.7 Å². The monoisotopic (exact) mass is 307 g/mol. The molecule has 1 unspecified atom stereocenters. The van der Waals surface area contributed by atoms with Gasteiger partial charge < -0.3 is 9.73 Å². The third kappa shape index (κ3) is 4.00. The maximum Gasteiger partial charge on any atom is 0.164 e. The molecule has 14 heavy (non-hydrogen) atoms. The van der Waals surface area contributed by atoms with E-state index >= 15 is 0 Å². The zero-order valence-corrected chi connectivity index (χ0v) is 11.0. The predicted octanol–water partition coefficient (Wildman–Crippen LogP) is 3.55. The minimum absolute atomic E-state index is 0.628. The summed E-state index contributed by atoms with van der Waals surface area (Å²) in [5.41, 5.74) is 0. The van der Waals surface area contributed by atoms with Crippen LogP contribution in [0.3, 0.4) is 0 Å². The fourth-order valence-corrected chi connectivity index (χ4v) is 1.95. The van der Waals surface area contributed by atoms with E-state index in [1.807, 2.05) is 12.1 Å². The van der Waals surface area contributed by atoms with Gasteiger partial charge in [-0.3, -0.25) is 0 Å². The number of hydrogen-bond acceptors (Lipinski definition) is 2. The van der Waals surface area contributed by atoms with Gasteiger partial charge in [0.2, 0.25) is 0 Å². The van der Waals surface area contributed by atoms with Gasteiger partial charge in [0.25, 0.3) is 0 Å². The lowest BCUT2D eigenvalue weighted by Crippen LogP contribution is -2.27. The van der Waals surface area contributed by atoms with Crippen molar-refractivity contribution in [3.05, 3.63) is 21.7 Å². The summed E-state index contributed by atoms with van der Waals surface area (Å²) in [5.74, 6) is 1.03. The van der Waals surface area contributed by atoms with Gasteiger partial charge in [0.05, 0.1) is 6.54 Å². The van der Waals surface area contributed by atoms with Crippen molar-refractivity contribution in [3.8, 4) is 0 Å². The maximum atomic E-state index is 5.48. The van der Waals surface area contributed by atoms with Crippen molar-refractivity contribution in [3.63, 3.8) is 0 Å². The van der Waals surface area contributed by atoms with E-state index in [9.17, 15) is 0 Å². The molecular weight excluding hydrogens is 289 g/mol.